The predicted octanol–water partition coefficient (Wildman–Crippen LogP) is 2.84. The summed E-state index contributed by atoms with van der Waals surface area (Å²) >= 11 is 3.19. The molecule has 1 aliphatic rings. The lowest BCUT2D eigenvalue weighted by molar-refractivity contribution is 0.0441. The summed E-state index contributed by atoms with van der Waals surface area (Å²) in [5, 5.41) is 1.21. The number of rotatable bonds is 5. The fourth-order valence-corrected chi connectivity index (χ4v) is 3.94. The van der Waals surface area contributed by atoms with Gasteiger partial charge in [-0.25, -0.2) is 0 Å². The number of ether oxygens (including phenoxy) is 1. The van der Waals surface area contributed by atoms with Crippen molar-refractivity contribution >= 4 is 34.1 Å². The summed E-state index contributed by atoms with van der Waals surface area (Å²) in [6, 6.07) is 0. The van der Waals surface area contributed by atoms with Crippen molar-refractivity contribution in [3.63, 3.8) is 0 Å². The molecule has 1 aromatic heterocycles. The van der Waals surface area contributed by atoms with E-state index in [9.17, 15) is 0 Å². The smallest absolute Gasteiger partial charge is 0.153 e. The number of nitrogen functional groups attached to an aromatic ring is 1. The third-order valence-electron chi connectivity index (χ3n) is 3.08. The van der Waals surface area contributed by atoms with Gasteiger partial charge < -0.3 is 15.4 Å². The average Bonchev–Trinajstić information content (AvgIpc) is 2.77. The number of piperidine rings is 1. The molecule has 2 N–H and O–H groups in total. The number of nitrogens with two attached hydrogens (primary N) is 1. The Hall–Kier alpha value is -0.460. The van der Waals surface area contributed by atoms with Gasteiger partial charge in [-0.05, 0) is 37.1 Å². The molecule has 1 unspecified atom stereocenters. The Bertz CT molecular complexity index is 383. The van der Waals surface area contributed by atoms with Crippen LogP contribution in [-0.4, -0.2) is 36.4 Å². The molecule has 2 rings (SSSR count). The normalized spacial score (nSPS) is 20.3. The lowest BCUT2D eigenvalue weighted by Gasteiger charge is -2.33. The fourth-order valence-electron chi connectivity index (χ4n) is 2.22. The highest BCUT2D eigenvalue weighted by Crippen LogP contribution is 2.38. The van der Waals surface area contributed by atoms with Gasteiger partial charge in [0.25, 0.3) is 0 Å². The Morgan fingerprint density at radius 3 is 3.17 bits per heavy atom. The van der Waals surface area contributed by atoms with E-state index in [1.807, 2.05) is 0 Å². The van der Waals surface area contributed by atoms with Crippen LogP contribution >= 0.6 is 23.3 Å². The molecular formula is C12H21N3OS2. The van der Waals surface area contributed by atoms with Crippen LogP contribution in [0.25, 0.3) is 0 Å². The van der Waals surface area contributed by atoms with Gasteiger partial charge in [0.1, 0.15) is 5.00 Å². The summed E-state index contributed by atoms with van der Waals surface area (Å²) in [4.78, 5) is 3.50. The minimum atomic E-state index is 0.358. The number of aromatic nitrogens is 1. The Labute approximate surface area is 117 Å². The highest BCUT2D eigenvalue weighted by atomic mass is 32.2. The van der Waals surface area contributed by atoms with E-state index in [1.54, 1.807) is 11.8 Å². The molecule has 1 saturated heterocycles. The van der Waals surface area contributed by atoms with Crippen LogP contribution in [0.4, 0.5) is 10.8 Å². The van der Waals surface area contributed by atoms with Crippen molar-refractivity contribution < 1.29 is 4.74 Å². The van der Waals surface area contributed by atoms with Crippen LogP contribution < -0.4 is 10.6 Å². The molecule has 0 aliphatic carbocycles. The van der Waals surface area contributed by atoms with Gasteiger partial charge in [0.2, 0.25) is 0 Å². The minimum Gasteiger partial charge on any atom is -0.382 e. The van der Waals surface area contributed by atoms with Crippen molar-refractivity contribution in [1.29, 1.82) is 0 Å². The van der Waals surface area contributed by atoms with Crippen LogP contribution in [0.1, 0.15) is 26.2 Å². The maximum Gasteiger partial charge on any atom is 0.153 e. The van der Waals surface area contributed by atoms with Crippen molar-refractivity contribution in [3.8, 4) is 0 Å². The zero-order valence-electron chi connectivity index (χ0n) is 11.0. The Kier molecular flexibility index (Phi) is 5.14. The Morgan fingerprint density at radius 1 is 1.61 bits per heavy atom. The third-order valence-corrected chi connectivity index (χ3v) is 4.95. The van der Waals surface area contributed by atoms with Crippen molar-refractivity contribution in [2.45, 2.75) is 37.2 Å². The molecule has 0 saturated carbocycles. The zero-order valence-corrected chi connectivity index (χ0v) is 12.6. The molecule has 0 aromatic carbocycles. The van der Waals surface area contributed by atoms with Crippen LogP contribution in [0.5, 0.6) is 0 Å². The number of hydrogen-bond donors (Lipinski definition) is 1. The molecule has 0 radical (unpaired) electrons. The van der Waals surface area contributed by atoms with E-state index in [0.717, 1.165) is 31.0 Å². The first-order valence-corrected chi connectivity index (χ1v) is 8.41. The van der Waals surface area contributed by atoms with Gasteiger partial charge in [-0.15, -0.1) is 11.8 Å². The van der Waals surface area contributed by atoms with E-state index >= 15 is 0 Å². The van der Waals surface area contributed by atoms with Gasteiger partial charge in [-0.3, -0.25) is 0 Å². The topological polar surface area (TPSA) is 51.4 Å². The quantitative estimate of drug-likeness (QED) is 0.844. The monoisotopic (exact) mass is 287 g/mol. The maximum atomic E-state index is 5.89. The van der Waals surface area contributed by atoms with Crippen LogP contribution in [-0.2, 0) is 4.74 Å². The van der Waals surface area contributed by atoms with Crippen molar-refractivity contribution in [2.24, 2.45) is 0 Å². The van der Waals surface area contributed by atoms with Crippen molar-refractivity contribution in [1.82, 2.24) is 4.37 Å². The molecule has 0 amide bonds. The molecule has 0 bridgehead atoms. The summed E-state index contributed by atoms with van der Waals surface area (Å²) in [6.45, 7) is 5.06. The Balaban J connectivity index is 2.03. The number of anilines is 2. The molecule has 1 aliphatic heterocycles. The zero-order chi connectivity index (χ0) is 13.0. The predicted molar refractivity (Wildman–Crippen MR) is 79.8 cm³/mol. The first kappa shape index (κ1) is 14.0. The second-order valence-electron chi connectivity index (χ2n) is 4.49. The summed E-state index contributed by atoms with van der Waals surface area (Å²) in [5.74, 6) is 0.666. The molecule has 102 valence electrons. The van der Waals surface area contributed by atoms with Gasteiger partial charge in [0.15, 0.2) is 5.82 Å². The minimum absolute atomic E-state index is 0.358. The highest BCUT2D eigenvalue weighted by Gasteiger charge is 2.24. The van der Waals surface area contributed by atoms with Crippen LogP contribution in [0.3, 0.4) is 0 Å². The third kappa shape index (κ3) is 3.10. The largest absolute Gasteiger partial charge is 0.382 e. The van der Waals surface area contributed by atoms with Gasteiger partial charge in [0, 0.05) is 19.7 Å². The van der Waals surface area contributed by atoms with Gasteiger partial charge >= 0.3 is 0 Å². The van der Waals surface area contributed by atoms with Crippen LogP contribution in [0.2, 0.25) is 0 Å². The van der Waals surface area contributed by atoms with Crippen molar-refractivity contribution in [2.75, 3.05) is 36.6 Å². The first-order chi connectivity index (χ1) is 8.76. The first-order valence-electron chi connectivity index (χ1n) is 6.42. The molecule has 0 spiro atoms. The van der Waals surface area contributed by atoms with E-state index in [0.29, 0.717) is 11.9 Å². The second-order valence-corrected chi connectivity index (χ2v) is 6.06. The average molecular weight is 287 g/mol. The van der Waals surface area contributed by atoms with Crippen LogP contribution in [0.15, 0.2) is 4.90 Å². The summed E-state index contributed by atoms with van der Waals surface area (Å²) in [5.41, 5.74) is 5.89. The summed E-state index contributed by atoms with van der Waals surface area (Å²) in [6.07, 6.45) is 5.84. The lowest BCUT2D eigenvalue weighted by Crippen LogP contribution is -2.39. The number of hydrogen-bond acceptors (Lipinski definition) is 6. The van der Waals surface area contributed by atoms with Gasteiger partial charge in [-0.2, -0.15) is 4.37 Å². The molecule has 1 atom stereocenters. The SMILES string of the molecule is CCCOC1CCCN(c2snc(N)c2SC)C1. The van der Waals surface area contributed by atoms with E-state index in [1.165, 1.54) is 29.4 Å². The summed E-state index contributed by atoms with van der Waals surface area (Å²) < 4.78 is 10.1. The van der Waals surface area contributed by atoms with Gasteiger partial charge in [0.05, 0.1) is 11.0 Å². The number of nitrogens with zero attached hydrogens (tertiary/aromatic N) is 2. The van der Waals surface area contributed by atoms with E-state index in [4.69, 9.17) is 10.5 Å². The lowest BCUT2D eigenvalue weighted by atomic mass is 10.1. The second kappa shape index (κ2) is 6.63. The molecule has 18 heavy (non-hydrogen) atoms. The van der Waals surface area contributed by atoms with Crippen LogP contribution in [0, 0.1) is 0 Å². The molecule has 4 nitrogen and oxygen atoms in total. The van der Waals surface area contributed by atoms with Crippen molar-refractivity contribution in [3.05, 3.63) is 0 Å². The maximum absolute atomic E-state index is 5.89. The standard InChI is InChI=1S/C12H21N3OS2/c1-3-7-16-9-5-4-6-15(8-9)12-10(17-2)11(13)14-18-12/h9H,3-8H2,1-2H3,(H2,13,14). The Morgan fingerprint density at radius 2 is 2.44 bits per heavy atom. The fraction of sp³-hybridized carbons (Fsp3) is 0.750. The number of thioether (sulfide) groups is 1. The molecule has 2 heterocycles. The summed E-state index contributed by atoms with van der Waals surface area (Å²) in [7, 11) is 0. The highest BCUT2D eigenvalue weighted by molar-refractivity contribution is 7.99. The van der Waals surface area contributed by atoms with E-state index < -0.39 is 0 Å². The molecule has 1 fully saturated rings. The molecule has 6 heteroatoms. The van der Waals surface area contributed by atoms with E-state index in [-0.39, 0.29) is 0 Å². The molecule has 1 aromatic rings. The van der Waals surface area contributed by atoms with Gasteiger partial charge in [-0.1, -0.05) is 6.92 Å². The van der Waals surface area contributed by atoms with E-state index in [2.05, 4.69) is 22.5 Å². The molecular weight excluding hydrogens is 266 g/mol.